The van der Waals surface area contributed by atoms with Crippen molar-refractivity contribution in [3.8, 4) is 0 Å². The van der Waals surface area contributed by atoms with Crippen LogP contribution in [0.4, 0.5) is 0 Å². The van der Waals surface area contributed by atoms with Gasteiger partial charge in [-0.15, -0.1) is 0 Å². The molecule has 2 amide bonds. The number of carbonyl (C=O) groups excluding carboxylic acids is 2. The van der Waals surface area contributed by atoms with E-state index in [1.807, 2.05) is 0 Å². The summed E-state index contributed by atoms with van der Waals surface area (Å²) in [5.74, 6) is -0.706. The number of rotatable bonds is 8. The maximum Gasteiger partial charge on any atom is 0.258 e. The molecule has 1 atom stereocenters. The fraction of sp³-hybridized carbons (Fsp3) is 0.579. The second kappa shape index (κ2) is 8.69. The molecule has 8 nitrogen and oxygen atoms in total. The highest BCUT2D eigenvalue weighted by Crippen LogP contribution is 2.22. The van der Waals surface area contributed by atoms with E-state index in [1.165, 1.54) is 18.2 Å². The molecule has 28 heavy (non-hydrogen) atoms. The van der Waals surface area contributed by atoms with Gasteiger partial charge in [-0.05, 0) is 24.1 Å². The summed E-state index contributed by atoms with van der Waals surface area (Å²) in [5.41, 5.74) is 0.296. The molecule has 0 spiro atoms. The lowest BCUT2D eigenvalue weighted by Crippen LogP contribution is -2.52. The summed E-state index contributed by atoms with van der Waals surface area (Å²) in [6, 6.07) is 4.08. The topological polar surface area (TPSA) is 105 Å². The summed E-state index contributed by atoms with van der Waals surface area (Å²) < 4.78 is 33.8. The molecule has 1 aromatic rings. The molecule has 1 unspecified atom stereocenters. The molecular weight excluding hydrogens is 382 g/mol. The van der Waals surface area contributed by atoms with E-state index < -0.39 is 21.8 Å². The fourth-order valence-corrected chi connectivity index (χ4v) is 5.01. The summed E-state index contributed by atoms with van der Waals surface area (Å²) in [5, 5.41) is 2.17. The molecule has 0 saturated carbocycles. The van der Waals surface area contributed by atoms with Crippen LogP contribution < -0.4 is 10.0 Å². The van der Waals surface area contributed by atoms with Crippen molar-refractivity contribution in [1.82, 2.24) is 14.9 Å². The molecule has 1 aromatic carbocycles. The Hall–Kier alpha value is -1.81. The van der Waals surface area contributed by atoms with Crippen LogP contribution in [0.3, 0.4) is 0 Å². The molecule has 2 aliphatic heterocycles. The molecular formula is C19H27N3O5S. The van der Waals surface area contributed by atoms with Crippen LogP contribution in [0, 0.1) is 5.92 Å². The SMILES string of the molecule is CCC(CC)C(CNS(=O)(=O)c1ccc2c(c1)C(=O)NC2=O)N1CCOCC1. The zero-order valence-corrected chi connectivity index (χ0v) is 17.0. The molecule has 2 aliphatic rings. The first kappa shape index (κ1) is 20.9. The number of benzene rings is 1. The van der Waals surface area contributed by atoms with Crippen molar-refractivity contribution >= 4 is 21.8 Å². The van der Waals surface area contributed by atoms with Crippen LogP contribution >= 0.6 is 0 Å². The number of morpholine rings is 1. The Bertz CT molecular complexity index is 845. The minimum absolute atomic E-state index is 0.0126. The van der Waals surface area contributed by atoms with Crippen LogP contribution in [0.25, 0.3) is 0 Å². The van der Waals surface area contributed by atoms with E-state index in [0.717, 1.165) is 25.9 Å². The number of hydrogen-bond acceptors (Lipinski definition) is 6. The van der Waals surface area contributed by atoms with Crippen LogP contribution in [0.1, 0.15) is 47.4 Å². The number of fused-ring (bicyclic) bond motifs is 1. The molecule has 1 fully saturated rings. The Labute approximate surface area is 165 Å². The number of nitrogens with one attached hydrogen (secondary N) is 2. The molecule has 154 valence electrons. The van der Waals surface area contributed by atoms with E-state index in [9.17, 15) is 18.0 Å². The van der Waals surface area contributed by atoms with Crippen molar-refractivity contribution in [3.05, 3.63) is 29.3 Å². The molecule has 0 radical (unpaired) electrons. The van der Waals surface area contributed by atoms with Crippen LogP contribution in [-0.4, -0.2) is 64.0 Å². The van der Waals surface area contributed by atoms with E-state index in [4.69, 9.17) is 4.74 Å². The van der Waals surface area contributed by atoms with Crippen molar-refractivity contribution in [2.24, 2.45) is 5.92 Å². The Balaban J connectivity index is 1.78. The Morgan fingerprint density at radius 1 is 1.11 bits per heavy atom. The Morgan fingerprint density at radius 2 is 1.75 bits per heavy atom. The van der Waals surface area contributed by atoms with Gasteiger partial charge in [0.2, 0.25) is 10.0 Å². The fourth-order valence-electron chi connectivity index (χ4n) is 3.93. The van der Waals surface area contributed by atoms with Gasteiger partial charge in [0, 0.05) is 25.7 Å². The van der Waals surface area contributed by atoms with E-state index >= 15 is 0 Å². The Morgan fingerprint density at radius 3 is 2.39 bits per heavy atom. The number of amides is 2. The van der Waals surface area contributed by atoms with Gasteiger partial charge in [0.1, 0.15) is 0 Å². The van der Waals surface area contributed by atoms with E-state index in [0.29, 0.717) is 19.1 Å². The minimum Gasteiger partial charge on any atom is -0.379 e. The monoisotopic (exact) mass is 409 g/mol. The largest absolute Gasteiger partial charge is 0.379 e. The Kier molecular flexibility index (Phi) is 6.49. The second-order valence-corrected chi connectivity index (χ2v) is 8.90. The van der Waals surface area contributed by atoms with Crippen molar-refractivity contribution in [1.29, 1.82) is 0 Å². The molecule has 2 heterocycles. The first-order valence-electron chi connectivity index (χ1n) is 9.68. The molecule has 3 rings (SSSR count). The third-order valence-corrected chi connectivity index (χ3v) is 7.03. The van der Waals surface area contributed by atoms with Gasteiger partial charge in [-0.1, -0.05) is 26.7 Å². The zero-order chi connectivity index (χ0) is 20.3. The maximum absolute atomic E-state index is 12.8. The molecule has 9 heteroatoms. The molecule has 2 N–H and O–H groups in total. The number of sulfonamides is 1. The first-order valence-corrected chi connectivity index (χ1v) is 11.2. The van der Waals surface area contributed by atoms with E-state index in [2.05, 4.69) is 28.8 Å². The van der Waals surface area contributed by atoms with Gasteiger partial charge in [0.25, 0.3) is 11.8 Å². The zero-order valence-electron chi connectivity index (χ0n) is 16.2. The predicted molar refractivity (Wildman–Crippen MR) is 104 cm³/mol. The molecule has 0 aromatic heterocycles. The quantitative estimate of drug-likeness (QED) is 0.621. The van der Waals surface area contributed by atoms with Gasteiger partial charge in [-0.3, -0.25) is 19.8 Å². The molecule has 0 aliphatic carbocycles. The van der Waals surface area contributed by atoms with Crippen molar-refractivity contribution in [2.75, 3.05) is 32.8 Å². The van der Waals surface area contributed by atoms with Crippen LogP contribution in [-0.2, 0) is 14.8 Å². The van der Waals surface area contributed by atoms with Gasteiger partial charge in [-0.25, -0.2) is 13.1 Å². The third kappa shape index (κ3) is 4.27. The van der Waals surface area contributed by atoms with Gasteiger partial charge in [0.15, 0.2) is 0 Å². The minimum atomic E-state index is -3.81. The molecule has 0 bridgehead atoms. The summed E-state index contributed by atoms with van der Waals surface area (Å²) in [6.07, 6.45) is 1.92. The van der Waals surface area contributed by atoms with Crippen LogP contribution in [0.5, 0.6) is 0 Å². The van der Waals surface area contributed by atoms with Crippen molar-refractivity contribution in [2.45, 2.75) is 37.6 Å². The second-order valence-electron chi connectivity index (χ2n) is 7.13. The average Bonchev–Trinajstić information content (AvgIpc) is 2.99. The van der Waals surface area contributed by atoms with Crippen LogP contribution in [0.15, 0.2) is 23.1 Å². The van der Waals surface area contributed by atoms with Gasteiger partial charge < -0.3 is 4.74 Å². The van der Waals surface area contributed by atoms with Gasteiger partial charge in [0.05, 0.1) is 29.2 Å². The number of carbonyl (C=O) groups is 2. The van der Waals surface area contributed by atoms with Crippen molar-refractivity contribution < 1.29 is 22.7 Å². The summed E-state index contributed by atoms with van der Waals surface area (Å²) >= 11 is 0. The number of hydrogen-bond donors (Lipinski definition) is 2. The standard InChI is InChI=1S/C19H27N3O5S/c1-3-13(4-2)17(22-7-9-27-10-8-22)12-20-28(25,26)14-5-6-15-16(11-14)19(24)21-18(15)23/h5-6,11,13,17,20H,3-4,7-10,12H2,1-2H3,(H,21,23,24). The van der Waals surface area contributed by atoms with Crippen LogP contribution in [0.2, 0.25) is 0 Å². The maximum atomic E-state index is 12.8. The lowest BCUT2D eigenvalue weighted by molar-refractivity contribution is 0.00297. The van der Waals surface area contributed by atoms with Crippen molar-refractivity contribution in [3.63, 3.8) is 0 Å². The van der Waals surface area contributed by atoms with E-state index in [-0.39, 0.29) is 28.6 Å². The molecule has 1 saturated heterocycles. The number of nitrogens with zero attached hydrogens (tertiary/aromatic N) is 1. The normalized spacial score (nSPS) is 19.0. The highest BCUT2D eigenvalue weighted by atomic mass is 32.2. The van der Waals surface area contributed by atoms with Gasteiger partial charge >= 0.3 is 0 Å². The summed E-state index contributed by atoms with van der Waals surface area (Å²) in [7, 11) is -3.81. The summed E-state index contributed by atoms with van der Waals surface area (Å²) in [6.45, 7) is 7.39. The first-order chi connectivity index (χ1) is 13.4. The van der Waals surface area contributed by atoms with Gasteiger partial charge in [-0.2, -0.15) is 0 Å². The lowest BCUT2D eigenvalue weighted by atomic mass is 9.92. The lowest BCUT2D eigenvalue weighted by Gasteiger charge is -2.38. The highest BCUT2D eigenvalue weighted by molar-refractivity contribution is 7.89. The van der Waals surface area contributed by atoms with E-state index in [1.54, 1.807) is 0 Å². The summed E-state index contributed by atoms with van der Waals surface area (Å²) in [4.78, 5) is 25.8. The number of imide groups is 1. The third-order valence-electron chi connectivity index (χ3n) is 5.61. The number of ether oxygens (including phenoxy) is 1. The smallest absolute Gasteiger partial charge is 0.258 e. The predicted octanol–water partition coefficient (Wildman–Crippen LogP) is 0.986. The average molecular weight is 410 g/mol. The highest BCUT2D eigenvalue weighted by Gasteiger charge is 2.31.